The molecule has 0 spiro atoms. The first-order valence-corrected chi connectivity index (χ1v) is 8.55. The van der Waals surface area contributed by atoms with Crippen LogP contribution in [0.2, 0.25) is 0 Å². The summed E-state index contributed by atoms with van der Waals surface area (Å²) in [5, 5.41) is 10.2. The van der Waals surface area contributed by atoms with Gasteiger partial charge in [0.1, 0.15) is 11.4 Å². The number of rotatable bonds is 2. The molecular formula is C17H23BrFNO3. The minimum Gasteiger partial charge on any atom is -0.444 e. The number of benzene rings is 1. The largest absolute Gasteiger partial charge is 0.444 e. The third kappa shape index (κ3) is 5.18. The van der Waals surface area contributed by atoms with Gasteiger partial charge in [-0.15, -0.1) is 0 Å². The molecule has 6 heteroatoms. The fraction of sp³-hybridized carbons (Fsp3) is 0.588. The Morgan fingerprint density at radius 2 is 2.17 bits per heavy atom. The van der Waals surface area contributed by atoms with Crippen molar-refractivity contribution in [2.45, 2.75) is 45.3 Å². The SMILES string of the molecule is CC(C)(C)OC(=O)N1CCC(O)C(Cc2ccc(F)cc2Br)C1. The Labute approximate surface area is 144 Å². The van der Waals surface area contributed by atoms with Crippen LogP contribution in [0.1, 0.15) is 32.8 Å². The molecule has 1 aliphatic rings. The number of halogens is 2. The van der Waals surface area contributed by atoms with Crippen molar-refractivity contribution in [3.63, 3.8) is 0 Å². The number of carbonyl (C=O) groups is 1. The molecule has 1 aromatic carbocycles. The van der Waals surface area contributed by atoms with Crippen molar-refractivity contribution >= 4 is 22.0 Å². The van der Waals surface area contributed by atoms with E-state index in [1.807, 2.05) is 20.8 Å². The van der Waals surface area contributed by atoms with Crippen LogP contribution >= 0.6 is 15.9 Å². The molecule has 1 amide bonds. The zero-order valence-electron chi connectivity index (χ0n) is 13.7. The van der Waals surface area contributed by atoms with E-state index in [0.29, 0.717) is 30.4 Å². The Bertz CT molecular complexity index is 573. The number of aliphatic hydroxyl groups is 1. The van der Waals surface area contributed by atoms with E-state index in [1.54, 1.807) is 11.0 Å². The van der Waals surface area contributed by atoms with E-state index in [4.69, 9.17) is 4.74 Å². The summed E-state index contributed by atoms with van der Waals surface area (Å²) in [4.78, 5) is 13.8. The number of hydrogen-bond donors (Lipinski definition) is 1. The quantitative estimate of drug-likeness (QED) is 0.840. The predicted octanol–water partition coefficient (Wildman–Crippen LogP) is 3.75. The highest BCUT2D eigenvalue weighted by molar-refractivity contribution is 9.10. The maximum atomic E-state index is 13.2. The first kappa shape index (κ1) is 18.2. The number of aliphatic hydroxyl groups excluding tert-OH is 1. The standard InChI is InChI=1S/C17H23BrFNO3/c1-17(2,3)23-16(22)20-7-6-15(21)12(10-20)8-11-4-5-13(19)9-14(11)18/h4-5,9,12,15,21H,6-8,10H2,1-3H3. The van der Waals surface area contributed by atoms with Gasteiger partial charge < -0.3 is 14.7 Å². The van der Waals surface area contributed by atoms with Crippen LogP contribution in [0.15, 0.2) is 22.7 Å². The third-order valence-corrected chi connectivity index (χ3v) is 4.58. The molecule has 0 aromatic heterocycles. The van der Waals surface area contributed by atoms with Crippen LogP contribution in [0.25, 0.3) is 0 Å². The van der Waals surface area contributed by atoms with Gasteiger partial charge in [-0.05, 0) is 51.3 Å². The molecule has 0 bridgehead atoms. The van der Waals surface area contributed by atoms with E-state index in [-0.39, 0.29) is 17.8 Å². The van der Waals surface area contributed by atoms with E-state index >= 15 is 0 Å². The fourth-order valence-electron chi connectivity index (χ4n) is 2.68. The molecule has 4 nitrogen and oxygen atoms in total. The Hall–Kier alpha value is -1.14. The molecule has 2 unspecified atom stereocenters. The molecule has 128 valence electrons. The molecule has 0 saturated carbocycles. The molecule has 2 rings (SSSR count). The number of amides is 1. The van der Waals surface area contributed by atoms with Crippen LogP contribution in [0.5, 0.6) is 0 Å². The first-order valence-electron chi connectivity index (χ1n) is 7.75. The van der Waals surface area contributed by atoms with Gasteiger partial charge in [0.2, 0.25) is 0 Å². The lowest BCUT2D eigenvalue weighted by atomic mass is 9.89. The highest BCUT2D eigenvalue weighted by Gasteiger charge is 2.32. The average Bonchev–Trinajstić information content (AvgIpc) is 2.42. The van der Waals surface area contributed by atoms with Gasteiger partial charge in [-0.3, -0.25) is 0 Å². The Balaban J connectivity index is 2.04. The average molecular weight is 388 g/mol. The number of ether oxygens (including phenoxy) is 1. The normalized spacial score (nSPS) is 22.1. The molecule has 1 heterocycles. The van der Waals surface area contributed by atoms with Crippen molar-refractivity contribution in [2.24, 2.45) is 5.92 Å². The second kappa shape index (κ2) is 7.18. The van der Waals surface area contributed by atoms with Gasteiger partial charge in [-0.2, -0.15) is 0 Å². The van der Waals surface area contributed by atoms with Crippen LogP contribution in [-0.4, -0.2) is 40.9 Å². The van der Waals surface area contributed by atoms with E-state index < -0.39 is 11.7 Å². The van der Waals surface area contributed by atoms with E-state index in [0.717, 1.165) is 5.56 Å². The Morgan fingerprint density at radius 3 is 2.78 bits per heavy atom. The molecular weight excluding hydrogens is 365 g/mol. The Morgan fingerprint density at radius 1 is 1.48 bits per heavy atom. The second-order valence-corrected chi connectivity index (χ2v) is 7.84. The van der Waals surface area contributed by atoms with Gasteiger partial charge in [0.05, 0.1) is 6.10 Å². The van der Waals surface area contributed by atoms with Crippen molar-refractivity contribution in [3.05, 3.63) is 34.1 Å². The van der Waals surface area contributed by atoms with E-state index in [2.05, 4.69) is 15.9 Å². The van der Waals surface area contributed by atoms with Crippen molar-refractivity contribution < 1.29 is 19.0 Å². The van der Waals surface area contributed by atoms with Crippen molar-refractivity contribution in [2.75, 3.05) is 13.1 Å². The summed E-state index contributed by atoms with van der Waals surface area (Å²) in [5.74, 6) is -0.404. The fourth-order valence-corrected chi connectivity index (χ4v) is 3.20. The second-order valence-electron chi connectivity index (χ2n) is 6.98. The molecule has 1 aliphatic heterocycles. The number of nitrogens with zero attached hydrogens (tertiary/aromatic N) is 1. The van der Waals surface area contributed by atoms with Gasteiger partial charge in [0, 0.05) is 23.5 Å². The molecule has 23 heavy (non-hydrogen) atoms. The molecule has 0 aliphatic carbocycles. The summed E-state index contributed by atoms with van der Waals surface area (Å²) in [5.41, 5.74) is 0.379. The van der Waals surface area contributed by atoms with Gasteiger partial charge in [0.25, 0.3) is 0 Å². The third-order valence-electron chi connectivity index (χ3n) is 3.84. The lowest BCUT2D eigenvalue weighted by molar-refractivity contribution is -0.00826. The van der Waals surface area contributed by atoms with Gasteiger partial charge in [-0.25, -0.2) is 9.18 Å². The maximum absolute atomic E-state index is 13.2. The molecule has 1 N–H and O–H groups in total. The Kier molecular flexibility index (Phi) is 5.68. The summed E-state index contributed by atoms with van der Waals surface area (Å²) < 4.78 is 19.3. The van der Waals surface area contributed by atoms with Crippen LogP contribution in [0.3, 0.4) is 0 Å². The molecule has 2 atom stereocenters. The molecule has 1 aromatic rings. The first-order chi connectivity index (χ1) is 10.7. The molecule has 1 saturated heterocycles. The minimum absolute atomic E-state index is 0.0990. The van der Waals surface area contributed by atoms with Gasteiger partial charge in [0.15, 0.2) is 0 Å². The predicted molar refractivity (Wildman–Crippen MR) is 89.7 cm³/mol. The number of likely N-dealkylation sites (tertiary alicyclic amines) is 1. The summed E-state index contributed by atoms with van der Waals surface area (Å²) >= 11 is 3.35. The van der Waals surface area contributed by atoms with E-state index in [1.165, 1.54) is 12.1 Å². The van der Waals surface area contributed by atoms with Crippen LogP contribution < -0.4 is 0 Å². The lowest BCUT2D eigenvalue weighted by Crippen LogP contribution is -2.48. The van der Waals surface area contributed by atoms with Crippen molar-refractivity contribution in [3.8, 4) is 0 Å². The number of carbonyl (C=O) groups excluding carboxylic acids is 1. The molecule has 1 fully saturated rings. The minimum atomic E-state index is -0.539. The highest BCUT2D eigenvalue weighted by Crippen LogP contribution is 2.27. The number of piperidine rings is 1. The zero-order valence-corrected chi connectivity index (χ0v) is 15.3. The molecule has 0 radical (unpaired) electrons. The van der Waals surface area contributed by atoms with Crippen LogP contribution in [0, 0.1) is 11.7 Å². The van der Waals surface area contributed by atoms with Gasteiger partial charge in [-0.1, -0.05) is 22.0 Å². The topological polar surface area (TPSA) is 49.8 Å². The van der Waals surface area contributed by atoms with Crippen molar-refractivity contribution in [1.29, 1.82) is 0 Å². The summed E-state index contributed by atoms with van der Waals surface area (Å²) in [6.07, 6.45) is 0.252. The maximum Gasteiger partial charge on any atom is 0.410 e. The van der Waals surface area contributed by atoms with Crippen molar-refractivity contribution in [1.82, 2.24) is 4.90 Å². The number of hydrogen-bond acceptors (Lipinski definition) is 3. The summed E-state index contributed by atoms with van der Waals surface area (Å²) in [6.45, 7) is 6.40. The van der Waals surface area contributed by atoms with Crippen LogP contribution in [0.4, 0.5) is 9.18 Å². The monoisotopic (exact) mass is 387 g/mol. The van der Waals surface area contributed by atoms with Gasteiger partial charge >= 0.3 is 6.09 Å². The van der Waals surface area contributed by atoms with E-state index in [9.17, 15) is 14.3 Å². The summed E-state index contributed by atoms with van der Waals surface area (Å²) in [6, 6.07) is 4.52. The highest BCUT2D eigenvalue weighted by atomic mass is 79.9. The smallest absolute Gasteiger partial charge is 0.410 e. The zero-order chi connectivity index (χ0) is 17.2. The summed E-state index contributed by atoms with van der Waals surface area (Å²) in [7, 11) is 0. The van der Waals surface area contributed by atoms with Crippen LogP contribution in [-0.2, 0) is 11.2 Å². The lowest BCUT2D eigenvalue weighted by Gasteiger charge is -2.37.